The van der Waals surface area contributed by atoms with E-state index in [9.17, 15) is 9.59 Å². The van der Waals surface area contributed by atoms with Gasteiger partial charge in [-0.3, -0.25) is 14.6 Å². The number of carbonyl (C=O) groups excluding carboxylic acids is 1. The van der Waals surface area contributed by atoms with Gasteiger partial charge in [0, 0.05) is 23.6 Å². The molecule has 2 aromatic heterocycles. The number of hydrogen-bond acceptors (Lipinski definition) is 4. The van der Waals surface area contributed by atoms with Crippen LogP contribution in [0.1, 0.15) is 40.5 Å². The van der Waals surface area contributed by atoms with Crippen LogP contribution in [0, 0.1) is 6.92 Å². The van der Waals surface area contributed by atoms with Crippen molar-refractivity contribution in [3.05, 3.63) is 69.8 Å². The van der Waals surface area contributed by atoms with Crippen LogP contribution >= 0.6 is 0 Å². The van der Waals surface area contributed by atoms with Gasteiger partial charge in [0.05, 0.1) is 11.4 Å². The smallest absolute Gasteiger partial charge is 0.256 e. The van der Waals surface area contributed by atoms with Crippen molar-refractivity contribution >= 4 is 11.7 Å². The van der Waals surface area contributed by atoms with E-state index in [2.05, 4.69) is 20.4 Å². The minimum absolute atomic E-state index is 0.222. The van der Waals surface area contributed by atoms with Gasteiger partial charge < -0.3 is 5.32 Å². The molecule has 1 aliphatic rings. The van der Waals surface area contributed by atoms with E-state index in [4.69, 9.17) is 0 Å². The van der Waals surface area contributed by atoms with E-state index in [0.717, 1.165) is 18.5 Å². The highest BCUT2D eigenvalue weighted by Crippen LogP contribution is 2.38. The van der Waals surface area contributed by atoms with Crippen molar-refractivity contribution in [2.45, 2.75) is 25.7 Å². The van der Waals surface area contributed by atoms with Gasteiger partial charge in [-0.15, -0.1) is 0 Å². The molecular weight excluding hydrogens is 318 g/mol. The fourth-order valence-corrected chi connectivity index (χ4v) is 2.68. The highest BCUT2D eigenvalue weighted by atomic mass is 16.1. The van der Waals surface area contributed by atoms with Crippen LogP contribution in [0.15, 0.2) is 47.3 Å². The summed E-state index contributed by atoms with van der Waals surface area (Å²) in [6, 6.07) is 12.2. The topological polar surface area (TPSA) is 92.7 Å². The van der Waals surface area contributed by atoms with Crippen LogP contribution in [0.2, 0.25) is 0 Å². The third-order valence-corrected chi connectivity index (χ3v) is 4.05. The van der Waals surface area contributed by atoms with Crippen molar-refractivity contribution in [2.24, 2.45) is 0 Å². The second-order valence-electron chi connectivity index (χ2n) is 6.17. The van der Waals surface area contributed by atoms with Crippen molar-refractivity contribution in [3.8, 4) is 5.95 Å². The molecular formula is C18H17N5O2. The zero-order valence-corrected chi connectivity index (χ0v) is 13.7. The van der Waals surface area contributed by atoms with Crippen LogP contribution in [-0.4, -0.2) is 25.7 Å². The molecule has 1 aliphatic carbocycles. The molecule has 2 N–H and O–H groups in total. The van der Waals surface area contributed by atoms with Gasteiger partial charge in [-0.25, -0.2) is 4.98 Å². The first-order valence-corrected chi connectivity index (χ1v) is 8.15. The van der Waals surface area contributed by atoms with Gasteiger partial charge in [0.15, 0.2) is 0 Å². The number of nitrogens with one attached hydrogen (secondary N) is 2. The Morgan fingerprint density at radius 3 is 2.72 bits per heavy atom. The maximum atomic E-state index is 12.4. The lowest BCUT2D eigenvalue weighted by Gasteiger charge is -2.09. The number of H-pyrrole nitrogens is 1. The largest absolute Gasteiger partial charge is 0.306 e. The molecule has 3 aromatic rings. The fourth-order valence-electron chi connectivity index (χ4n) is 2.68. The predicted octanol–water partition coefficient (Wildman–Crippen LogP) is 2.39. The van der Waals surface area contributed by atoms with Crippen molar-refractivity contribution in [1.29, 1.82) is 0 Å². The fraction of sp³-hybridized carbons (Fsp3) is 0.222. The van der Waals surface area contributed by atoms with Crippen molar-refractivity contribution in [3.63, 3.8) is 0 Å². The number of nitrogens with zero attached hydrogens (tertiary/aromatic N) is 3. The molecule has 0 spiro atoms. The van der Waals surface area contributed by atoms with Crippen molar-refractivity contribution < 1.29 is 4.79 Å². The summed E-state index contributed by atoms with van der Waals surface area (Å²) >= 11 is 0. The molecule has 2 heterocycles. The number of amides is 1. The van der Waals surface area contributed by atoms with E-state index in [-0.39, 0.29) is 11.5 Å². The summed E-state index contributed by atoms with van der Waals surface area (Å²) in [5.41, 5.74) is 1.80. The van der Waals surface area contributed by atoms with E-state index in [1.807, 2.05) is 13.0 Å². The second kappa shape index (κ2) is 6.01. The molecule has 1 saturated carbocycles. The molecule has 7 nitrogen and oxygen atoms in total. The van der Waals surface area contributed by atoms with Crippen LogP contribution < -0.4 is 10.9 Å². The summed E-state index contributed by atoms with van der Waals surface area (Å²) in [7, 11) is 0. The van der Waals surface area contributed by atoms with E-state index >= 15 is 0 Å². The quantitative estimate of drug-likeness (QED) is 0.765. The maximum Gasteiger partial charge on any atom is 0.256 e. The lowest BCUT2D eigenvalue weighted by Crippen LogP contribution is -2.19. The van der Waals surface area contributed by atoms with Crippen LogP contribution in [0.25, 0.3) is 5.95 Å². The molecule has 1 fully saturated rings. The monoisotopic (exact) mass is 335 g/mol. The van der Waals surface area contributed by atoms with Crippen LogP contribution in [0.5, 0.6) is 0 Å². The lowest BCUT2D eigenvalue weighted by atomic mass is 10.2. The Kier molecular flexibility index (Phi) is 3.68. The number of hydrogen-bond donors (Lipinski definition) is 2. The minimum atomic E-state index is -0.248. The van der Waals surface area contributed by atoms with Gasteiger partial charge in [-0.1, -0.05) is 18.2 Å². The second-order valence-corrected chi connectivity index (χ2v) is 6.17. The Morgan fingerprint density at radius 2 is 2.00 bits per heavy atom. The average molecular weight is 335 g/mol. The lowest BCUT2D eigenvalue weighted by molar-refractivity contribution is 0.102. The van der Waals surface area contributed by atoms with Gasteiger partial charge in [0.2, 0.25) is 5.95 Å². The molecule has 0 saturated heterocycles. The number of rotatable bonds is 4. The van der Waals surface area contributed by atoms with Crippen LogP contribution in [-0.2, 0) is 0 Å². The summed E-state index contributed by atoms with van der Waals surface area (Å²) in [5.74, 6) is 0.871. The molecule has 1 amide bonds. The van der Waals surface area contributed by atoms with E-state index in [1.54, 1.807) is 30.3 Å². The Bertz CT molecular complexity index is 986. The summed E-state index contributed by atoms with van der Waals surface area (Å²) in [6.07, 6.45) is 2.09. The Hall–Kier alpha value is -3.22. The first kappa shape index (κ1) is 15.3. The normalized spacial score (nSPS) is 13.6. The molecule has 7 heteroatoms. The first-order chi connectivity index (χ1) is 12.1. The van der Waals surface area contributed by atoms with Gasteiger partial charge >= 0.3 is 0 Å². The average Bonchev–Trinajstić information content (AvgIpc) is 3.39. The standard InChI is InChI=1S/C18H17N5O2/c1-11-9-15(20-17(25)13-5-3-2-4-6-13)23(22-11)18-19-14(12-7-8-12)10-16(24)21-18/h2-6,9-10,12H,7-8H2,1H3,(H,20,25)(H,19,21,24). The number of aromatic amines is 1. The number of benzene rings is 1. The highest BCUT2D eigenvalue weighted by Gasteiger charge is 2.26. The Balaban J connectivity index is 1.70. The number of aryl methyl sites for hydroxylation is 1. The molecule has 0 atom stereocenters. The third kappa shape index (κ3) is 3.21. The van der Waals surface area contributed by atoms with Crippen LogP contribution in [0.4, 0.5) is 5.82 Å². The van der Waals surface area contributed by atoms with Crippen molar-refractivity contribution in [1.82, 2.24) is 19.7 Å². The van der Waals surface area contributed by atoms with Gasteiger partial charge in [0.25, 0.3) is 11.5 Å². The van der Waals surface area contributed by atoms with Gasteiger partial charge in [0.1, 0.15) is 5.82 Å². The van der Waals surface area contributed by atoms with Crippen molar-refractivity contribution in [2.75, 3.05) is 5.32 Å². The summed E-state index contributed by atoms with van der Waals surface area (Å²) in [5, 5.41) is 7.19. The summed E-state index contributed by atoms with van der Waals surface area (Å²) in [6.45, 7) is 1.82. The molecule has 126 valence electrons. The van der Waals surface area contributed by atoms with E-state index < -0.39 is 0 Å². The molecule has 0 radical (unpaired) electrons. The Labute approximate surface area is 143 Å². The SMILES string of the molecule is Cc1cc(NC(=O)c2ccccc2)n(-c2nc(C3CC3)cc(=O)[nH]2)n1. The molecule has 25 heavy (non-hydrogen) atoms. The van der Waals surface area contributed by atoms with Crippen LogP contribution in [0.3, 0.4) is 0 Å². The summed E-state index contributed by atoms with van der Waals surface area (Å²) < 4.78 is 1.46. The zero-order valence-electron chi connectivity index (χ0n) is 13.7. The number of aromatic nitrogens is 4. The number of carbonyl (C=O) groups is 1. The minimum Gasteiger partial charge on any atom is -0.306 e. The predicted molar refractivity (Wildman–Crippen MR) is 93.1 cm³/mol. The van der Waals surface area contributed by atoms with Gasteiger partial charge in [-0.2, -0.15) is 9.78 Å². The first-order valence-electron chi connectivity index (χ1n) is 8.15. The third-order valence-electron chi connectivity index (χ3n) is 4.05. The molecule has 0 unspecified atom stereocenters. The molecule has 4 rings (SSSR count). The maximum absolute atomic E-state index is 12.4. The van der Waals surface area contributed by atoms with E-state index in [0.29, 0.717) is 28.9 Å². The Morgan fingerprint density at radius 1 is 1.24 bits per heavy atom. The molecule has 0 bridgehead atoms. The summed E-state index contributed by atoms with van der Waals surface area (Å²) in [4.78, 5) is 31.6. The zero-order chi connectivity index (χ0) is 17.4. The highest BCUT2D eigenvalue weighted by molar-refractivity contribution is 6.03. The van der Waals surface area contributed by atoms with E-state index in [1.165, 1.54) is 10.7 Å². The van der Waals surface area contributed by atoms with Gasteiger partial charge in [-0.05, 0) is 31.9 Å². The number of anilines is 1. The molecule has 1 aromatic carbocycles. The molecule has 0 aliphatic heterocycles.